The van der Waals surface area contributed by atoms with Crippen LogP contribution in [0, 0.1) is 5.92 Å². The van der Waals surface area contributed by atoms with E-state index >= 15 is 0 Å². The van der Waals surface area contributed by atoms with Crippen molar-refractivity contribution in [2.24, 2.45) is 5.92 Å². The SMILES string of the molecule is FC(F)(F)c1ccc(NCC2CCCNC2)cn1. The number of pyridine rings is 1. The van der Waals surface area contributed by atoms with E-state index in [2.05, 4.69) is 15.6 Å². The van der Waals surface area contributed by atoms with Crippen molar-refractivity contribution < 1.29 is 13.2 Å². The van der Waals surface area contributed by atoms with E-state index in [0.29, 0.717) is 11.6 Å². The average molecular weight is 259 g/mol. The summed E-state index contributed by atoms with van der Waals surface area (Å²) in [6.07, 6.45) is -0.837. The quantitative estimate of drug-likeness (QED) is 0.875. The van der Waals surface area contributed by atoms with Crippen LogP contribution in [0.15, 0.2) is 18.3 Å². The Morgan fingerprint density at radius 2 is 2.22 bits per heavy atom. The second-order valence-corrected chi connectivity index (χ2v) is 4.52. The molecule has 18 heavy (non-hydrogen) atoms. The predicted octanol–water partition coefficient (Wildman–Crippen LogP) is 2.51. The lowest BCUT2D eigenvalue weighted by Crippen LogP contribution is -2.33. The van der Waals surface area contributed by atoms with Gasteiger partial charge in [0.15, 0.2) is 0 Å². The van der Waals surface area contributed by atoms with E-state index < -0.39 is 11.9 Å². The van der Waals surface area contributed by atoms with Gasteiger partial charge in [0.25, 0.3) is 0 Å². The highest BCUT2D eigenvalue weighted by Gasteiger charge is 2.32. The minimum atomic E-state index is -4.37. The lowest BCUT2D eigenvalue weighted by Gasteiger charge is -2.23. The van der Waals surface area contributed by atoms with Gasteiger partial charge >= 0.3 is 6.18 Å². The fourth-order valence-electron chi connectivity index (χ4n) is 2.03. The van der Waals surface area contributed by atoms with Crippen LogP contribution in [-0.2, 0) is 6.18 Å². The minimum Gasteiger partial charge on any atom is -0.383 e. The molecule has 3 nitrogen and oxygen atoms in total. The van der Waals surface area contributed by atoms with Crippen LogP contribution in [0.1, 0.15) is 18.5 Å². The van der Waals surface area contributed by atoms with Gasteiger partial charge in [0.05, 0.1) is 11.9 Å². The van der Waals surface area contributed by atoms with Crippen molar-refractivity contribution in [2.75, 3.05) is 25.0 Å². The van der Waals surface area contributed by atoms with Crippen LogP contribution in [0.4, 0.5) is 18.9 Å². The molecule has 0 spiro atoms. The first-order chi connectivity index (χ1) is 8.55. The normalized spacial score (nSPS) is 20.7. The fraction of sp³-hybridized carbons (Fsp3) is 0.583. The van der Waals surface area contributed by atoms with Crippen LogP contribution in [0.5, 0.6) is 0 Å². The summed E-state index contributed by atoms with van der Waals surface area (Å²) in [7, 11) is 0. The zero-order chi connectivity index (χ0) is 13.0. The first-order valence-corrected chi connectivity index (χ1v) is 6.03. The van der Waals surface area contributed by atoms with Crippen LogP contribution in [0.2, 0.25) is 0 Å². The molecule has 2 rings (SSSR count). The topological polar surface area (TPSA) is 37.0 Å². The summed E-state index contributed by atoms with van der Waals surface area (Å²) in [6.45, 7) is 2.78. The molecule has 0 bridgehead atoms. The van der Waals surface area contributed by atoms with Crippen LogP contribution < -0.4 is 10.6 Å². The second kappa shape index (κ2) is 5.56. The molecule has 6 heteroatoms. The van der Waals surface area contributed by atoms with Gasteiger partial charge in [0, 0.05) is 6.54 Å². The molecule has 0 aliphatic carbocycles. The lowest BCUT2D eigenvalue weighted by atomic mass is 10.00. The average Bonchev–Trinajstić information content (AvgIpc) is 2.37. The molecular weight excluding hydrogens is 243 g/mol. The van der Waals surface area contributed by atoms with Gasteiger partial charge in [-0.25, -0.2) is 4.98 Å². The highest BCUT2D eigenvalue weighted by atomic mass is 19.4. The van der Waals surface area contributed by atoms with Gasteiger partial charge < -0.3 is 10.6 Å². The molecule has 100 valence electrons. The number of hydrogen-bond acceptors (Lipinski definition) is 3. The molecule has 0 saturated carbocycles. The first kappa shape index (κ1) is 13.1. The Kier molecular flexibility index (Phi) is 4.06. The first-order valence-electron chi connectivity index (χ1n) is 6.03. The number of nitrogens with zero attached hydrogens (tertiary/aromatic N) is 1. The molecule has 1 aliphatic heterocycles. The van der Waals surface area contributed by atoms with E-state index in [-0.39, 0.29) is 0 Å². The van der Waals surface area contributed by atoms with Gasteiger partial charge in [0.2, 0.25) is 0 Å². The standard InChI is InChI=1S/C12H16F3N3/c13-12(14,15)11-4-3-10(8-18-11)17-7-9-2-1-5-16-6-9/h3-4,8-9,16-17H,1-2,5-7H2. The second-order valence-electron chi connectivity index (χ2n) is 4.52. The number of nitrogens with one attached hydrogen (secondary N) is 2. The molecule has 0 amide bonds. The van der Waals surface area contributed by atoms with Gasteiger partial charge in [-0.2, -0.15) is 13.2 Å². The molecule has 1 unspecified atom stereocenters. The molecule has 1 atom stereocenters. The van der Waals surface area contributed by atoms with E-state index in [9.17, 15) is 13.2 Å². The molecule has 1 aliphatic rings. The number of piperidine rings is 1. The van der Waals surface area contributed by atoms with Crippen molar-refractivity contribution in [1.82, 2.24) is 10.3 Å². The number of alkyl halides is 3. The van der Waals surface area contributed by atoms with Crippen LogP contribution >= 0.6 is 0 Å². The number of anilines is 1. The smallest absolute Gasteiger partial charge is 0.383 e. The third-order valence-electron chi connectivity index (χ3n) is 3.05. The third kappa shape index (κ3) is 3.60. The van der Waals surface area contributed by atoms with Crippen molar-refractivity contribution in [3.05, 3.63) is 24.0 Å². The fourth-order valence-corrected chi connectivity index (χ4v) is 2.03. The van der Waals surface area contributed by atoms with E-state index in [1.54, 1.807) is 0 Å². The Bertz CT molecular complexity index is 369. The molecule has 2 heterocycles. The minimum absolute atomic E-state index is 0.529. The Balaban J connectivity index is 1.86. The summed E-state index contributed by atoms with van der Waals surface area (Å²) in [5.41, 5.74) is -0.221. The Morgan fingerprint density at radius 1 is 1.39 bits per heavy atom. The monoisotopic (exact) mass is 259 g/mol. The molecular formula is C12H16F3N3. The summed E-state index contributed by atoms with van der Waals surface area (Å²) in [5.74, 6) is 0.529. The Morgan fingerprint density at radius 3 is 2.78 bits per heavy atom. The number of aromatic nitrogens is 1. The zero-order valence-electron chi connectivity index (χ0n) is 9.93. The van der Waals surface area contributed by atoms with Crippen LogP contribution in [0.25, 0.3) is 0 Å². The maximum Gasteiger partial charge on any atom is 0.433 e. The van der Waals surface area contributed by atoms with Crippen molar-refractivity contribution in [3.63, 3.8) is 0 Å². The van der Waals surface area contributed by atoms with E-state index in [0.717, 1.165) is 38.5 Å². The molecule has 1 saturated heterocycles. The summed E-state index contributed by atoms with van der Waals surface area (Å²) in [4.78, 5) is 3.41. The molecule has 1 aromatic rings. The number of rotatable bonds is 3. The van der Waals surface area contributed by atoms with Crippen molar-refractivity contribution in [2.45, 2.75) is 19.0 Å². The van der Waals surface area contributed by atoms with Crippen LogP contribution in [0.3, 0.4) is 0 Å². The van der Waals surface area contributed by atoms with E-state index in [1.165, 1.54) is 12.3 Å². The molecule has 1 fully saturated rings. The molecule has 0 radical (unpaired) electrons. The summed E-state index contributed by atoms with van der Waals surface area (Å²) >= 11 is 0. The van der Waals surface area contributed by atoms with Crippen molar-refractivity contribution >= 4 is 5.69 Å². The molecule has 1 aromatic heterocycles. The van der Waals surface area contributed by atoms with Crippen molar-refractivity contribution in [3.8, 4) is 0 Å². The predicted molar refractivity (Wildman–Crippen MR) is 63.3 cm³/mol. The maximum atomic E-state index is 12.3. The van der Waals surface area contributed by atoms with E-state index in [1.807, 2.05) is 0 Å². The molecule has 2 N–H and O–H groups in total. The summed E-state index contributed by atoms with van der Waals surface area (Å²) < 4.78 is 36.9. The van der Waals surface area contributed by atoms with Crippen LogP contribution in [-0.4, -0.2) is 24.6 Å². The Labute approximate surface area is 104 Å². The lowest BCUT2D eigenvalue weighted by molar-refractivity contribution is -0.141. The van der Waals surface area contributed by atoms with Gasteiger partial charge in [-0.3, -0.25) is 0 Å². The highest BCUT2D eigenvalue weighted by Crippen LogP contribution is 2.27. The van der Waals surface area contributed by atoms with Gasteiger partial charge in [-0.1, -0.05) is 0 Å². The van der Waals surface area contributed by atoms with Gasteiger partial charge in [0.1, 0.15) is 5.69 Å². The highest BCUT2D eigenvalue weighted by molar-refractivity contribution is 5.41. The van der Waals surface area contributed by atoms with Gasteiger partial charge in [-0.05, 0) is 44.0 Å². The number of hydrogen-bond donors (Lipinski definition) is 2. The van der Waals surface area contributed by atoms with E-state index in [4.69, 9.17) is 0 Å². The maximum absolute atomic E-state index is 12.3. The summed E-state index contributed by atoms with van der Waals surface area (Å²) in [5, 5.41) is 6.42. The Hall–Kier alpha value is -1.30. The van der Waals surface area contributed by atoms with Gasteiger partial charge in [-0.15, -0.1) is 0 Å². The third-order valence-corrected chi connectivity index (χ3v) is 3.05. The summed E-state index contributed by atoms with van der Waals surface area (Å²) in [6, 6.07) is 2.42. The number of halogens is 3. The van der Waals surface area contributed by atoms with Crippen molar-refractivity contribution in [1.29, 1.82) is 0 Å². The largest absolute Gasteiger partial charge is 0.433 e. The zero-order valence-corrected chi connectivity index (χ0v) is 9.93. The molecule has 0 aromatic carbocycles.